The molecule has 0 aliphatic rings. The Labute approximate surface area is 121 Å². The van der Waals surface area contributed by atoms with Gasteiger partial charge in [0, 0.05) is 10.4 Å². The maximum atomic E-state index is 14.0. The van der Waals surface area contributed by atoms with Crippen LogP contribution >= 0.6 is 27.3 Å². The number of amidine groups is 1. The molecule has 0 amide bonds. The zero-order valence-electron chi connectivity index (χ0n) is 9.64. The lowest BCUT2D eigenvalue weighted by Gasteiger charge is -2.09. The van der Waals surface area contributed by atoms with Crippen LogP contribution in [0.25, 0.3) is 0 Å². The Morgan fingerprint density at radius 2 is 2.26 bits per heavy atom. The number of halogens is 2. The van der Waals surface area contributed by atoms with Crippen LogP contribution in [-0.4, -0.2) is 11.0 Å². The van der Waals surface area contributed by atoms with Crippen LogP contribution in [0.5, 0.6) is 5.75 Å². The van der Waals surface area contributed by atoms with Crippen molar-refractivity contribution >= 4 is 33.1 Å². The molecule has 100 valence electrons. The zero-order valence-corrected chi connectivity index (χ0v) is 12.0. The van der Waals surface area contributed by atoms with Crippen LogP contribution in [0.15, 0.2) is 39.3 Å². The lowest BCUT2D eigenvalue weighted by molar-refractivity contribution is 0.293. The third kappa shape index (κ3) is 3.05. The second-order valence-corrected chi connectivity index (χ2v) is 5.42. The topological polar surface area (TPSA) is 67.8 Å². The molecule has 0 atom stereocenters. The first-order valence-corrected chi connectivity index (χ1v) is 6.92. The summed E-state index contributed by atoms with van der Waals surface area (Å²) < 4.78 is 19.5. The monoisotopic (exact) mass is 344 g/mol. The molecule has 0 aliphatic heterocycles. The predicted octanol–water partition coefficient (Wildman–Crippen LogP) is 3.32. The summed E-state index contributed by atoms with van der Waals surface area (Å²) in [5.74, 6) is -0.647. The quantitative estimate of drug-likeness (QED) is 0.387. The van der Waals surface area contributed by atoms with Gasteiger partial charge in [0.1, 0.15) is 6.61 Å². The van der Waals surface area contributed by atoms with Crippen molar-refractivity contribution in [1.29, 1.82) is 0 Å². The molecule has 0 saturated heterocycles. The molecule has 0 saturated carbocycles. The molecule has 0 bridgehead atoms. The standard InChI is InChI=1S/C12H10BrFN2O2S/c13-10-8(12(15)16-17)3-4-9(11(10)14)18-6-7-2-1-5-19-7/h1-5,17H,6H2,(H2,15,16). The Morgan fingerprint density at radius 1 is 1.47 bits per heavy atom. The predicted molar refractivity (Wildman–Crippen MR) is 75.3 cm³/mol. The lowest BCUT2D eigenvalue weighted by atomic mass is 10.2. The molecule has 1 aromatic heterocycles. The van der Waals surface area contributed by atoms with E-state index >= 15 is 0 Å². The highest BCUT2D eigenvalue weighted by Crippen LogP contribution is 2.29. The second-order valence-electron chi connectivity index (χ2n) is 3.59. The molecule has 0 unspecified atom stereocenters. The zero-order chi connectivity index (χ0) is 13.8. The number of thiophene rings is 1. The van der Waals surface area contributed by atoms with Gasteiger partial charge in [-0.3, -0.25) is 0 Å². The molecule has 4 nitrogen and oxygen atoms in total. The van der Waals surface area contributed by atoms with Gasteiger partial charge in [0.15, 0.2) is 17.4 Å². The van der Waals surface area contributed by atoms with Crippen LogP contribution in [0.3, 0.4) is 0 Å². The Hall–Kier alpha value is -1.60. The second kappa shape index (κ2) is 6.03. The summed E-state index contributed by atoms with van der Waals surface area (Å²) in [5, 5.41) is 13.3. The number of benzene rings is 1. The molecule has 0 radical (unpaired) electrons. The van der Waals surface area contributed by atoms with E-state index in [2.05, 4.69) is 21.1 Å². The van der Waals surface area contributed by atoms with Crippen molar-refractivity contribution < 1.29 is 14.3 Å². The Balaban J connectivity index is 2.21. The summed E-state index contributed by atoms with van der Waals surface area (Å²) in [4.78, 5) is 0.996. The van der Waals surface area contributed by atoms with Gasteiger partial charge in [-0.1, -0.05) is 11.2 Å². The minimum absolute atomic E-state index is 0.103. The van der Waals surface area contributed by atoms with Crippen LogP contribution in [0.1, 0.15) is 10.4 Å². The third-order valence-electron chi connectivity index (χ3n) is 2.38. The van der Waals surface area contributed by atoms with E-state index in [4.69, 9.17) is 15.7 Å². The number of hydrogen-bond donors (Lipinski definition) is 2. The molecule has 7 heteroatoms. The maximum Gasteiger partial charge on any atom is 0.179 e. The summed E-state index contributed by atoms with van der Waals surface area (Å²) in [5.41, 5.74) is 5.70. The van der Waals surface area contributed by atoms with Gasteiger partial charge < -0.3 is 15.7 Å². The van der Waals surface area contributed by atoms with E-state index in [1.165, 1.54) is 23.5 Å². The summed E-state index contributed by atoms with van der Waals surface area (Å²) in [6, 6.07) is 6.77. The van der Waals surface area contributed by atoms with Crippen molar-refractivity contribution in [2.24, 2.45) is 10.9 Å². The van der Waals surface area contributed by atoms with Gasteiger partial charge in [-0.05, 0) is 39.5 Å². The summed E-state index contributed by atoms with van der Waals surface area (Å²) >= 11 is 4.60. The average Bonchev–Trinajstić information content (AvgIpc) is 2.93. The molecule has 2 rings (SSSR count). The molecule has 0 aliphatic carbocycles. The van der Waals surface area contributed by atoms with E-state index < -0.39 is 5.82 Å². The molecule has 2 aromatic rings. The van der Waals surface area contributed by atoms with Gasteiger partial charge >= 0.3 is 0 Å². The summed E-state index contributed by atoms with van der Waals surface area (Å²) in [6.45, 7) is 0.296. The van der Waals surface area contributed by atoms with Crippen molar-refractivity contribution in [2.45, 2.75) is 6.61 Å². The SMILES string of the molecule is N/C(=N/O)c1ccc(OCc2cccs2)c(F)c1Br. The first-order valence-electron chi connectivity index (χ1n) is 5.24. The number of ether oxygens (including phenoxy) is 1. The van der Waals surface area contributed by atoms with E-state index in [1.54, 1.807) is 0 Å². The third-order valence-corrected chi connectivity index (χ3v) is 4.01. The highest BCUT2D eigenvalue weighted by molar-refractivity contribution is 9.10. The number of nitrogens with two attached hydrogens (primary N) is 1. The molecule has 3 N–H and O–H groups in total. The Bertz CT molecular complexity index is 602. The van der Waals surface area contributed by atoms with Gasteiger partial charge in [0.05, 0.1) is 4.47 Å². The van der Waals surface area contributed by atoms with Gasteiger partial charge in [-0.25, -0.2) is 4.39 Å². The molecule has 19 heavy (non-hydrogen) atoms. The molecule has 1 heterocycles. The van der Waals surface area contributed by atoms with Crippen LogP contribution in [0.4, 0.5) is 4.39 Å². The smallest absolute Gasteiger partial charge is 0.179 e. The van der Waals surface area contributed by atoms with E-state index in [0.29, 0.717) is 6.61 Å². The summed E-state index contributed by atoms with van der Waals surface area (Å²) in [6.07, 6.45) is 0. The summed E-state index contributed by atoms with van der Waals surface area (Å²) in [7, 11) is 0. The highest BCUT2D eigenvalue weighted by Gasteiger charge is 2.15. The number of nitrogens with zero attached hydrogens (tertiary/aromatic N) is 1. The molecule has 0 spiro atoms. The van der Waals surface area contributed by atoms with E-state index in [0.717, 1.165) is 4.88 Å². The van der Waals surface area contributed by atoms with Crippen molar-refractivity contribution in [3.8, 4) is 5.75 Å². The van der Waals surface area contributed by atoms with Crippen molar-refractivity contribution in [3.63, 3.8) is 0 Å². The number of oxime groups is 1. The molecular formula is C12H10BrFN2O2S. The highest BCUT2D eigenvalue weighted by atomic mass is 79.9. The van der Waals surface area contributed by atoms with Crippen molar-refractivity contribution in [1.82, 2.24) is 0 Å². The Morgan fingerprint density at radius 3 is 2.89 bits per heavy atom. The molecular weight excluding hydrogens is 335 g/mol. The number of hydrogen-bond acceptors (Lipinski definition) is 4. The lowest BCUT2D eigenvalue weighted by Crippen LogP contribution is -2.14. The normalized spacial score (nSPS) is 11.6. The molecule has 0 fully saturated rings. The minimum atomic E-state index is -0.583. The number of rotatable bonds is 4. The van der Waals surface area contributed by atoms with Crippen LogP contribution in [0, 0.1) is 5.82 Å². The van der Waals surface area contributed by atoms with Gasteiger partial charge in [0.2, 0.25) is 0 Å². The van der Waals surface area contributed by atoms with Gasteiger partial charge in [-0.15, -0.1) is 11.3 Å². The Kier molecular flexibility index (Phi) is 4.39. The minimum Gasteiger partial charge on any atom is -0.485 e. The first-order chi connectivity index (χ1) is 9.13. The fraction of sp³-hybridized carbons (Fsp3) is 0.0833. The average molecular weight is 345 g/mol. The maximum absolute atomic E-state index is 14.0. The fourth-order valence-electron chi connectivity index (χ4n) is 1.44. The van der Waals surface area contributed by atoms with Crippen molar-refractivity contribution in [2.75, 3.05) is 0 Å². The van der Waals surface area contributed by atoms with Crippen LogP contribution in [-0.2, 0) is 6.61 Å². The molecule has 1 aromatic carbocycles. The van der Waals surface area contributed by atoms with Gasteiger partial charge in [-0.2, -0.15) is 0 Å². The fourth-order valence-corrected chi connectivity index (χ4v) is 2.59. The van der Waals surface area contributed by atoms with Crippen LogP contribution in [0.2, 0.25) is 0 Å². The van der Waals surface area contributed by atoms with E-state index in [9.17, 15) is 4.39 Å². The van der Waals surface area contributed by atoms with E-state index in [1.807, 2.05) is 17.5 Å². The first kappa shape index (κ1) is 13.8. The van der Waals surface area contributed by atoms with E-state index in [-0.39, 0.29) is 21.6 Å². The largest absolute Gasteiger partial charge is 0.485 e. The van der Waals surface area contributed by atoms with Crippen LogP contribution < -0.4 is 10.5 Å². The van der Waals surface area contributed by atoms with Crippen molar-refractivity contribution in [3.05, 3.63) is 50.4 Å². The van der Waals surface area contributed by atoms with Gasteiger partial charge in [0.25, 0.3) is 0 Å².